The first-order chi connectivity index (χ1) is 5.52. The maximum atomic E-state index is 11.1. The molecule has 68 valence electrons. The molecule has 1 unspecified atom stereocenters. The fraction of sp³-hybridized carbons (Fsp3) is 0.750. The molecule has 1 heterocycles. The summed E-state index contributed by atoms with van der Waals surface area (Å²) in [5.41, 5.74) is 0. The molecule has 1 aliphatic rings. The minimum Gasteiger partial charge on any atom is -0.324 e. The summed E-state index contributed by atoms with van der Waals surface area (Å²) >= 11 is 0. The maximum Gasteiger partial charge on any atom is 0.324 e. The van der Waals surface area contributed by atoms with Crippen molar-refractivity contribution in [3.63, 3.8) is 0 Å². The fourth-order valence-corrected chi connectivity index (χ4v) is 1.42. The van der Waals surface area contributed by atoms with Crippen LogP contribution in [0.5, 0.6) is 0 Å². The zero-order chi connectivity index (χ0) is 9.30. The SMILES string of the molecule is CC(C)C1CC(=O)NC(=O)N1C. The second-order valence-corrected chi connectivity index (χ2v) is 3.48. The molecule has 0 saturated carbocycles. The second-order valence-electron chi connectivity index (χ2n) is 3.48. The third kappa shape index (κ3) is 1.57. The Bertz CT molecular complexity index is 213. The van der Waals surface area contributed by atoms with E-state index < -0.39 is 0 Å². The highest BCUT2D eigenvalue weighted by Crippen LogP contribution is 2.16. The molecule has 1 rings (SSSR count). The number of urea groups is 1. The minimum absolute atomic E-state index is 0.0475. The summed E-state index contributed by atoms with van der Waals surface area (Å²) in [4.78, 5) is 23.7. The van der Waals surface area contributed by atoms with Crippen molar-refractivity contribution in [3.05, 3.63) is 0 Å². The highest BCUT2D eigenvalue weighted by atomic mass is 16.2. The van der Waals surface area contributed by atoms with Gasteiger partial charge in [0.2, 0.25) is 5.91 Å². The van der Waals surface area contributed by atoms with E-state index in [2.05, 4.69) is 5.32 Å². The number of hydrogen-bond acceptors (Lipinski definition) is 2. The van der Waals surface area contributed by atoms with E-state index in [1.807, 2.05) is 13.8 Å². The first-order valence-electron chi connectivity index (χ1n) is 4.09. The van der Waals surface area contributed by atoms with Gasteiger partial charge in [0.15, 0.2) is 0 Å². The van der Waals surface area contributed by atoms with Gasteiger partial charge in [0.25, 0.3) is 0 Å². The van der Waals surface area contributed by atoms with E-state index in [0.29, 0.717) is 12.3 Å². The zero-order valence-electron chi connectivity index (χ0n) is 7.63. The van der Waals surface area contributed by atoms with Crippen LogP contribution in [0.1, 0.15) is 20.3 Å². The first-order valence-corrected chi connectivity index (χ1v) is 4.09. The molecule has 0 aliphatic carbocycles. The molecule has 0 bridgehead atoms. The molecule has 0 spiro atoms. The van der Waals surface area contributed by atoms with Crippen molar-refractivity contribution in [2.24, 2.45) is 5.92 Å². The van der Waals surface area contributed by atoms with E-state index in [4.69, 9.17) is 0 Å². The van der Waals surface area contributed by atoms with Gasteiger partial charge in [-0.2, -0.15) is 0 Å². The highest BCUT2D eigenvalue weighted by molar-refractivity contribution is 5.97. The van der Waals surface area contributed by atoms with Gasteiger partial charge in [-0.25, -0.2) is 4.79 Å². The van der Waals surface area contributed by atoms with Gasteiger partial charge in [-0.05, 0) is 5.92 Å². The Morgan fingerprint density at radius 2 is 2.08 bits per heavy atom. The van der Waals surface area contributed by atoms with Crippen molar-refractivity contribution in [2.45, 2.75) is 26.3 Å². The van der Waals surface area contributed by atoms with Crippen molar-refractivity contribution in [2.75, 3.05) is 7.05 Å². The van der Waals surface area contributed by atoms with Gasteiger partial charge in [0.05, 0.1) is 0 Å². The Morgan fingerprint density at radius 1 is 1.50 bits per heavy atom. The van der Waals surface area contributed by atoms with Gasteiger partial charge in [-0.3, -0.25) is 10.1 Å². The quantitative estimate of drug-likeness (QED) is 0.626. The Kier molecular flexibility index (Phi) is 2.35. The number of hydrogen-bond donors (Lipinski definition) is 1. The molecule has 1 fully saturated rings. The van der Waals surface area contributed by atoms with Crippen molar-refractivity contribution in [3.8, 4) is 0 Å². The van der Waals surface area contributed by atoms with Gasteiger partial charge in [-0.1, -0.05) is 13.8 Å². The number of carbonyl (C=O) groups is 2. The molecule has 0 aromatic rings. The van der Waals surface area contributed by atoms with Gasteiger partial charge in [0.1, 0.15) is 0 Å². The van der Waals surface area contributed by atoms with Crippen LogP contribution in [-0.4, -0.2) is 29.9 Å². The molecular weight excluding hydrogens is 156 g/mol. The predicted molar refractivity (Wildman–Crippen MR) is 44.5 cm³/mol. The molecule has 3 amide bonds. The molecule has 0 aromatic heterocycles. The zero-order valence-corrected chi connectivity index (χ0v) is 7.63. The highest BCUT2D eigenvalue weighted by Gasteiger charge is 2.31. The molecule has 1 atom stereocenters. The van der Waals surface area contributed by atoms with E-state index in [0.717, 1.165) is 0 Å². The average Bonchev–Trinajstić information content (AvgIpc) is 1.96. The van der Waals surface area contributed by atoms with E-state index in [1.165, 1.54) is 0 Å². The fourth-order valence-electron chi connectivity index (χ4n) is 1.42. The lowest BCUT2D eigenvalue weighted by atomic mass is 9.98. The summed E-state index contributed by atoms with van der Waals surface area (Å²) in [6.07, 6.45) is 0.417. The second kappa shape index (κ2) is 3.13. The third-order valence-corrected chi connectivity index (χ3v) is 2.23. The van der Waals surface area contributed by atoms with Crippen LogP contribution in [0.25, 0.3) is 0 Å². The Balaban J connectivity index is 2.73. The molecule has 4 nitrogen and oxygen atoms in total. The summed E-state index contributed by atoms with van der Waals surface area (Å²) in [7, 11) is 1.71. The van der Waals surface area contributed by atoms with Crippen LogP contribution in [0.2, 0.25) is 0 Å². The largest absolute Gasteiger partial charge is 0.324 e. The average molecular weight is 170 g/mol. The van der Waals surface area contributed by atoms with Crippen LogP contribution in [0.15, 0.2) is 0 Å². The number of rotatable bonds is 1. The monoisotopic (exact) mass is 170 g/mol. The van der Waals surface area contributed by atoms with Gasteiger partial charge in [0, 0.05) is 19.5 Å². The maximum absolute atomic E-state index is 11.1. The van der Waals surface area contributed by atoms with Gasteiger partial charge >= 0.3 is 6.03 Å². The number of carbonyl (C=O) groups excluding carboxylic acids is 2. The van der Waals surface area contributed by atoms with Crippen molar-refractivity contribution in [1.82, 2.24) is 10.2 Å². The molecule has 1 N–H and O–H groups in total. The summed E-state index contributed by atoms with van der Waals surface area (Å²) in [5.74, 6) is 0.154. The van der Waals surface area contributed by atoms with E-state index in [-0.39, 0.29) is 18.0 Å². The Morgan fingerprint density at radius 3 is 2.58 bits per heavy atom. The Labute approximate surface area is 71.9 Å². The smallest absolute Gasteiger partial charge is 0.324 e. The molecule has 1 aliphatic heterocycles. The normalized spacial score (nSPS) is 24.7. The standard InChI is InChI=1S/C8H14N2O2/c1-5(2)6-4-7(11)9-8(12)10(6)3/h5-6H,4H2,1-3H3,(H,9,11,12). The van der Waals surface area contributed by atoms with Crippen molar-refractivity contribution >= 4 is 11.9 Å². The topological polar surface area (TPSA) is 49.4 Å². The van der Waals surface area contributed by atoms with Gasteiger partial charge in [-0.15, -0.1) is 0 Å². The first kappa shape index (κ1) is 9.03. The van der Waals surface area contributed by atoms with Crippen molar-refractivity contribution in [1.29, 1.82) is 0 Å². The van der Waals surface area contributed by atoms with E-state index >= 15 is 0 Å². The molecule has 0 aromatic carbocycles. The lowest BCUT2D eigenvalue weighted by Gasteiger charge is -2.34. The molecular formula is C8H14N2O2. The predicted octanol–water partition coefficient (Wildman–Crippen LogP) is 0.583. The van der Waals surface area contributed by atoms with Crippen LogP contribution in [-0.2, 0) is 4.79 Å². The molecule has 12 heavy (non-hydrogen) atoms. The molecule has 1 saturated heterocycles. The van der Waals surface area contributed by atoms with Crippen LogP contribution < -0.4 is 5.32 Å². The summed E-state index contributed by atoms with van der Waals surface area (Å²) in [6.45, 7) is 4.01. The lowest BCUT2D eigenvalue weighted by Crippen LogP contribution is -2.54. The van der Waals surface area contributed by atoms with E-state index in [1.54, 1.807) is 11.9 Å². The van der Waals surface area contributed by atoms with Crippen LogP contribution >= 0.6 is 0 Å². The van der Waals surface area contributed by atoms with E-state index in [9.17, 15) is 9.59 Å². The number of nitrogens with one attached hydrogen (secondary N) is 1. The summed E-state index contributed by atoms with van der Waals surface area (Å²) < 4.78 is 0. The number of nitrogens with zero attached hydrogens (tertiary/aromatic N) is 1. The van der Waals surface area contributed by atoms with Crippen LogP contribution in [0.4, 0.5) is 4.79 Å². The minimum atomic E-state index is -0.287. The number of amides is 3. The summed E-state index contributed by atoms with van der Waals surface area (Å²) in [5, 5.41) is 2.26. The van der Waals surface area contributed by atoms with Crippen LogP contribution in [0.3, 0.4) is 0 Å². The summed E-state index contributed by atoms with van der Waals surface area (Å²) in [6, 6.07) is -0.240. The molecule has 4 heteroatoms. The number of imide groups is 1. The third-order valence-electron chi connectivity index (χ3n) is 2.23. The lowest BCUT2D eigenvalue weighted by molar-refractivity contribution is -0.123. The van der Waals surface area contributed by atoms with Crippen LogP contribution in [0, 0.1) is 5.92 Å². The van der Waals surface area contributed by atoms with Gasteiger partial charge < -0.3 is 4.90 Å². The Hall–Kier alpha value is -1.06. The van der Waals surface area contributed by atoms with Crippen molar-refractivity contribution < 1.29 is 9.59 Å². The molecule has 0 radical (unpaired) electrons.